The lowest BCUT2D eigenvalue weighted by Gasteiger charge is -2.20. The normalized spacial score (nSPS) is 11.7. The maximum atomic E-state index is 13.4. The molecule has 4 aromatic rings. The molecular formula is C21H18FN5O. The maximum Gasteiger partial charge on any atom is 0.144 e. The molecule has 0 aliphatic rings. The highest BCUT2D eigenvalue weighted by atomic mass is 19.1. The van der Waals surface area contributed by atoms with Crippen molar-refractivity contribution in [2.45, 2.75) is 26.0 Å². The van der Waals surface area contributed by atoms with Crippen molar-refractivity contribution in [2.24, 2.45) is 0 Å². The van der Waals surface area contributed by atoms with Crippen molar-refractivity contribution >= 4 is 5.65 Å². The minimum atomic E-state index is -0.952. The van der Waals surface area contributed by atoms with E-state index in [1.807, 2.05) is 22.9 Å². The first-order valence-electron chi connectivity index (χ1n) is 8.77. The summed E-state index contributed by atoms with van der Waals surface area (Å²) in [4.78, 5) is 8.75. The van der Waals surface area contributed by atoms with Crippen molar-refractivity contribution in [2.75, 3.05) is 0 Å². The van der Waals surface area contributed by atoms with Crippen LogP contribution in [0.5, 0.6) is 0 Å². The van der Waals surface area contributed by atoms with Gasteiger partial charge in [0.2, 0.25) is 0 Å². The van der Waals surface area contributed by atoms with Crippen LogP contribution in [0.4, 0.5) is 4.39 Å². The average Bonchev–Trinajstić information content (AvgIpc) is 3.24. The van der Waals surface area contributed by atoms with Gasteiger partial charge in [-0.05, 0) is 50.2 Å². The summed E-state index contributed by atoms with van der Waals surface area (Å²) < 4.78 is 17.0. The van der Waals surface area contributed by atoms with Crippen LogP contribution in [-0.2, 0) is 6.54 Å². The van der Waals surface area contributed by atoms with Crippen LogP contribution in [0.2, 0.25) is 0 Å². The Labute approximate surface area is 161 Å². The Morgan fingerprint density at radius 2 is 1.82 bits per heavy atom. The lowest BCUT2D eigenvalue weighted by Crippen LogP contribution is -2.26. The molecule has 0 saturated carbocycles. The quantitative estimate of drug-likeness (QED) is 0.591. The second kappa shape index (κ2) is 6.59. The molecule has 3 heterocycles. The van der Waals surface area contributed by atoms with Gasteiger partial charge in [0.25, 0.3) is 0 Å². The number of imidazole rings is 2. The number of hydrogen-bond acceptors (Lipinski definition) is 4. The first-order valence-corrected chi connectivity index (χ1v) is 8.77. The Balaban J connectivity index is 1.94. The molecule has 0 aliphatic heterocycles. The van der Waals surface area contributed by atoms with Crippen LogP contribution in [0.1, 0.15) is 19.5 Å². The van der Waals surface area contributed by atoms with Gasteiger partial charge in [0.15, 0.2) is 0 Å². The van der Waals surface area contributed by atoms with Gasteiger partial charge in [0, 0.05) is 17.3 Å². The number of aliphatic hydroxyl groups is 1. The van der Waals surface area contributed by atoms with Crippen LogP contribution in [0.25, 0.3) is 28.2 Å². The van der Waals surface area contributed by atoms with E-state index in [4.69, 9.17) is 0 Å². The van der Waals surface area contributed by atoms with E-state index in [1.54, 1.807) is 36.7 Å². The lowest BCUT2D eigenvalue weighted by atomic mass is 10.0. The molecular weight excluding hydrogens is 357 g/mol. The molecule has 0 saturated heterocycles. The minimum Gasteiger partial charge on any atom is -0.389 e. The monoisotopic (exact) mass is 375 g/mol. The van der Waals surface area contributed by atoms with Gasteiger partial charge >= 0.3 is 0 Å². The predicted molar refractivity (Wildman–Crippen MR) is 103 cm³/mol. The van der Waals surface area contributed by atoms with Gasteiger partial charge < -0.3 is 9.67 Å². The molecule has 0 radical (unpaired) electrons. The number of halogens is 1. The summed E-state index contributed by atoms with van der Waals surface area (Å²) in [5.41, 5.74) is 3.15. The molecule has 0 atom stereocenters. The SMILES string of the molecule is CC(C)(O)Cn1cnc(-c2ccc(F)cc2)c1-c1ccc2ncc(C#N)n2c1. The molecule has 0 spiro atoms. The zero-order valence-electron chi connectivity index (χ0n) is 15.5. The highest BCUT2D eigenvalue weighted by molar-refractivity contribution is 5.79. The van der Waals surface area contributed by atoms with Gasteiger partial charge in [-0.2, -0.15) is 5.26 Å². The van der Waals surface area contributed by atoms with Crippen LogP contribution in [0.3, 0.4) is 0 Å². The van der Waals surface area contributed by atoms with E-state index in [2.05, 4.69) is 16.0 Å². The highest BCUT2D eigenvalue weighted by Crippen LogP contribution is 2.32. The molecule has 0 unspecified atom stereocenters. The van der Waals surface area contributed by atoms with Crippen LogP contribution >= 0.6 is 0 Å². The number of hydrogen-bond donors (Lipinski definition) is 1. The lowest BCUT2D eigenvalue weighted by molar-refractivity contribution is 0.0619. The van der Waals surface area contributed by atoms with E-state index in [0.29, 0.717) is 23.6 Å². The molecule has 4 rings (SSSR count). The first kappa shape index (κ1) is 17.9. The van der Waals surface area contributed by atoms with E-state index >= 15 is 0 Å². The van der Waals surface area contributed by atoms with Crippen LogP contribution in [0, 0.1) is 17.1 Å². The van der Waals surface area contributed by atoms with Crippen molar-refractivity contribution in [1.29, 1.82) is 5.26 Å². The fourth-order valence-electron chi connectivity index (χ4n) is 3.24. The molecule has 1 N–H and O–H groups in total. The van der Waals surface area contributed by atoms with E-state index in [1.165, 1.54) is 18.3 Å². The van der Waals surface area contributed by atoms with Gasteiger partial charge in [-0.25, -0.2) is 14.4 Å². The summed E-state index contributed by atoms with van der Waals surface area (Å²) in [7, 11) is 0. The zero-order chi connectivity index (χ0) is 19.9. The summed E-state index contributed by atoms with van der Waals surface area (Å²) in [5, 5.41) is 19.6. The third-order valence-corrected chi connectivity index (χ3v) is 4.41. The smallest absolute Gasteiger partial charge is 0.144 e. The number of nitrogens with zero attached hydrogens (tertiary/aromatic N) is 5. The minimum absolute atomic E-state index is 0.320. The Morgan fingerprint density at radius 1 is 1.11 bits per heavy atom. The molecule has 3 aromatic heterocycles. The number of rotatable bonds is 4. The standard InChI is InChI=1S/C21H18FN5O/c1-21(2,28)12-26-13-25-19(14-3-6-16(22)7-4-14)20(26)15-5-8-18-24-10-17(9-23)27(18)11-15/h3-8,10-11,13,28H,12H2,1-2H3. The zero-order valence-corrected chi connectivity index (χ0v) is 15.5. The number of pyridine rings is 1. The Kier molecular flexibility index (Phi) is 4.21. The van der Waals surface area contributed by atoms with Gasteiger partial charge in [0.05, 0.1) is 36.1 Å². The molecule has 1 aromatic carbocycles. The number of aromatic nitrogens is 4. The van der Waals surface area contributed by atoms with Crippen molar-refractivity contribution < 1.29 is 9.50 Å². The van der Waals surface area contributed by atoms with Crippen molar-refractivity contribution in [3.63, 3.8) is 0 Å². The van der Waals surface area contributed by atoms with Crippen molar-refractivity contribution in [1.82, 2.24) is 18.9 Å². The summed E-state index contributed by atoms with van der Waals surface area (Å²) >= 11 is 0. The Bertz CT molecular complexity index is 1190. The largest absolute Gasteiger partial charge is 0.389 e. The summed E-state index contributed by atoms with van der Waals surface area (Å²) in [6.07, 6.45) is 5.01. The van der Waals surface area contributed by atoms with Gasteiger partial charge in [-0.1, -0.05) is 0 Å². The summed E-state index contributed by atoms with van der Waals surface area (Å²) in [5.74, 6) is -0.320. The third-order valence-electron chi connectivity index (χ3n) is 4.41. The molecule has 0 bridgehead atoms. The molecule has 7 heteroatoms. The second-order valence-corrected chi connectivity index (χ2v) is 7.29. The molecule has 28 heavy (non-hydrogen) atoms. The fraction of sp³-hybridized carbons (Fsp3) is 0.190. The van der Waals surface area contributed by atoms with E-state index in [-0.39, 0.29) is 5.82 Å². The van der Waals surface area contributed by atoms with Crippen LogP contribution < -0.4 is 0 Å². The van der Waals surface area contributed by atoms with E-state index in [0.717, 1.165) is 16.8 Å². The first-order chi connectivity index (χ1) is 13.4. The van der Waals surface area contributed by atoms with Gasteiger partial charge in [-0.3, -0.25) is 4.40 Å². The predicted octanol–water partition coefficient (Wildman–Crippen LogP) is 3.65. The Hall–Kier alpha value is -3.50. The van der Waals surface area contributed by atoms with E-state index in [9.17, 15) is 14.8 Å². The molecule has 140 valence electrons. The van der Waals surface area contributed by atoms with Crippen LogP contribution in [-0.4, -0.2) is 29.6 Å². The average molecular weight is 375 g/mol. The Morgan fingerprint density at radius 3 is 2.50 bits per heavy atom. The second-order valence-electron chi connectivity index (χ2n) is 7.29. The molecule has 0 amide bonds. The maximum absolute atomic E-state index is 13.4. The number of benzene rings is 1. The summed E-state index contributed by atoms with van der Waals surface area (Å²) in [6, 6.07) is 12.0. The molecule has 0 aliphatic carbocycles. The number of fused-ring (bicyclic) bond motifs is 1. The fourth-order valence-corrected chi connectivity index (χ4v) is 3.24. The van der Waals surface area contributed by atoms with E-state index < -0.39 is 5.60 Å². The number of nitriles is 1. The molecule has 0 fully saturated rings. The van der Waals surface area contributed by atoms with Gasteiger partial charge in [0.1, 0.15) is 23.2 Å². The van der Waals surface area contributed by atoms with Crippen LogP contribution in [0.15, 0.2) is 55.1 Å². The van der Waals surface area contributed by atoms with Crippen molar-refractivity contribution in [3.05, 3.63) is 66.6 Å². The van der Waals surface area contributed by atoms with Gasteiger partial charge in [-0.15, -0.1) is 0 Å². The van der Waals surface area contributed by atoms with Crippen molar-refractivity contribution in [3.8, 4) is 28.6 Å². The molecule has 6 nitrogen and oxygen atoms in total. The highest BCUT2D eigenvalue weighted by Gasteiger charge is 2.21. The summed E-state index contributed by atoms with van der Waals surface area (Å²) in [6.45, 7) is 3.77. The third kappa shape index (κ3) is 3.26. The topological polar surface area (TPSA) is 79.1 Å².